The SMILES string of the molecule is CC(C)(C)OC(=O)N1CC(N=[N+]=[N-])(c2c(F)ccc(Cl)c2Cl)C1. The van der Waals surface area contributed by atoms with Gasteiger partial charge in [-0.1, -0.05) is 28.3 Å². The van der Waals surface area contributed by atoms with E-state index >= 15 is 0 Å². The summed E-state index contributed by atoms with van der Waals surface area (Å²) in [6.07, 6.45) is -0.570. The van der Waals surface area contributed by atoms with E-state index in [0.717, 1.165) is 6.07 Å². The second-order valence-electron chi connectivity index (χ2n) is 6.28. The molecule has 6 nitrogen and oxygen atoms in total. The highest BCUT2D eigenvalue weighted by Gasteiger charge is 2.50. The number of carbonyl (C=O) groups excluding carboxylic acids is 1. The van der Waals surface area contributed by atoms with Crippen LogP contribution in [0.3, 0.4) is 0 Å². The molecule has 0 bridgehead atoms. The molecule has 1 aliphatic rings. The van der Waals surface area contributed by atoms with Gasteiger partial charge in [0.1, 0.15) is 17.0 Å². The number of hydrogen-bond acceptors (Lipinski definition) is 3. The molecule has 124 valence electrons. The normalized spacial score (nSPS) is 16.3. The van der Waals surface area contributed by atoms with Crippen LogP contribution in [0.5, 0.6) is 0 Å². The zero-order chi connectivity index (χ0) is 17.4. The minimum absolute atomic E-state index is 0.00993. The third-order valence-corrected chi connectivity index (χ3v) is 4.11. The van der Waals surface area contributed by atoms with Crippen molar-refractivity contribution in [3.05, 3.63) is 44.0 Å². The van der Waals surface area contributed by atoms with Gasteiger partial charge in [-0.2, -0.15) is 0 Å². The molecular weight excluding hydrogens is 346 g/mol. The predicted octanol–water partition coefficient (Wildman–Crippen LogP) is 4.89. The number of ether oxygens (including phenoxy) is 1. The Bertz CT molecular complexity index is 693. The molecule has 1 aromatic rings. The third-order valence-electron chi connectivity index (χ3n) is 3.30. The first-order chi connectivity index (χ1) is 10.6. The Morgan fingerprint density at radius 2 is 2.04 bits per heavy atom. The molecule has 1 aliphatic heterocycles. The number of likely N-dealkylation sites (tertiary alicyclic amines) is 1. The van der Waals surface area contributed by atoms with Gasteiger partial charge >= 0.3 is 6.09 Å². The highest BCUT2D eigenvalue weighted by atomic mass is 35.5. The monoisotopic (exact) mass is 360 g/mol. The fraction of sp³-hybridized carbons (Fsp3) is 0.500. The first-order valence-corrected chi connectivity index (χ1v) is 7.53. The largest absolute Gasteiger partial charge is 0.444 e. The summed E-state index contributed by atoms with van der Waals surface area (Å²) in [5.74, 6) is -0.643. The predicted molar refractivity (Wildman–Crippen MR) is 85.1 cm³/mol. The average molecular weight is 361 g/mol. The van der Waals surface area contributed by atoms with Gasteiger partial charge in [-0.15, -0.1) is 0 Å². The van der Waals surface area contributed by atoms with Crippen molar-refractivity contribution in [2.45, 2.75) is 31.9 Å². The number of benzene rings is 1. The molecule has 0 aromatic heterocycles. The molecule has 0 radical (unpaired) electrons. The molecule has 1 amide bonds. The van der Waals surface area contributed by atoms with E-state index in [4.69, 9.17) is 33.5 Å². The number of amides is 1. The van der Waals surface area contributed by atoms with Crippen LogP contribution in [0, 0.1) is 5.82 Å². The quantitative estimate of drug-likeness (QED) is 0.325. The zero-order valence-electron chi connectivity index (χ0n) is 12.8. The van der Waals surface area contributed by atoms with Crippen molar-refractivity contribution in [2.24, 2.45) is 5.11 Å². The average Bonchev–Trinajstić information content (AvgIpc) is 2.37. The van der Waals surface area contributed by atoms with E-state index in [-0.39, 0.29) is 28.7 Å². The Morgan fingerprint density at radius 3 is 2.57 bits per heavy atom. The Kier molecular flexibility index (Phi) is 4.66. The van der Waals surface area contributed by atoms with Crippen LogP contribution in [0.2, 0.25) is 10.0 Å². The van der Waals surface area contributed by atoms with Gasteiger partial charge in [0, 0.05) is 23.6 Å². The van der Waals surface area contributed by atoms with Crippen LogP contribution in [0.15, 0.2) is 17.2 Å². The molecule has 9 heteroatoms. The van der Waals surface area contributed by atoms with Gasteiger partial charge in [0.25, 0.3) is 0 Å². The van der Waals surface area contributed by atoms with Crippen LogP contribution >= 0.6 is 23.2 Å². The van der Waals surface area contributed by atoms with E-state index < -0.39 is 23.1 Å². The summed E-state index contributed by atoms with van der Waals surface area (Å²) >= 11 is 12.0. The van der Waals surface area contributed by atoms with Crippen LogP contribution in [0.1, 0.15) is 26.3 Å². The van der Waals surface area contributed by atoms with Crippen molar-refractivity contribution in [2.75, 3.05) is 13.1 Å². The minimum Gasteiger partial charge on any atom is -0.444 e. The summed E-state index contributed by atoms with van der Waals surface area (Å²) in [5.41, 5.74) is 6.85. The first-order valence-electron chi connectivity index (χ1n) is 6.78. The zero-order valence-corrected chi connectivity index (χ0v) is 14.3. The molecule has 0 atom stereocenters. The number of rotatable bonds is 2. The summed E-state index contributed by atoms with van der Waals surface area (Å²) in [6, 6.07) is 2.46. The molecule has 1 aromatic carbocycles. The van der Waals surface area contributed by atoms with Crippen molar-refractivity contribution in [3.8, 4) is 0 Å². The molecule has 0 spiro atoms. The molecular formula is C14H15Cl2FN4O2. The second kappa shape index (κ2) is 6.07. The molecule has 0 aliphatic carbocycles. The van der Waals surface area contributed by atoms with Crippen molar-refractivity contribution in [1.29, 1.82) is 0 Å². The Balaban J connectivity index is 2.32. The maximum atomic E-state index is 14.2. The number of halogens is 3. The lowest BCUT2D eigenvalue weighted by Crippen LogP contribution is -2.61. The molecule has 0 saturated carbocycles. The van der Waals surface area contributed by atoms with Crippen LogP contribution in [-0.2, 0) is 10.3 Å². The van der Waals surface area contributed by atoms with Gasteiger partial charge in [-0.3, -0.25) is 0 Å². The van der Waals surface area contributed by atoms with Crippen LogP contribution in [0.25, 0.3) is 10.4 Å². The number of nitrogens with zero attached hydrogens (tertiary/aromatic N) is 4. The van der Waals surface area contributed by atoms with E-state index in [9.17, 15) is 9.18 Å². The Hall–Kier alpha value is -1.69. The van der Waals surface area contributed by atoms with E-state index in [0.29, 0.717) is 0 Å². The summed E-state index contributed by atoms with van der Waals surface area (Å²) in [4.78, 5) is 16.1. The molecule has 23 heavy (non-hydrogen) atoms. The van der Waals surface area contributed by atoms with Gasteiger partial charge in [-0.25, -0.2) is 9.18 Å². The van der Waals surface area contributed by atoms with Gasteiger partial charge in [0.05, 0.1) is 10.0 Å². The summed E-state index contributed by atoms with van der Waals surface area (Å²) < 4.78 is 19.4. The van der Waals surface area contributed by atoms with Crippen LogP contribution in [-0.4, -0.2) is 29.7 Å². The van der Waals surface area contributed by atoms with Crippen LogP contribution < -0.4 is 0 Å². The van der Waals surface area contributed by atoms with Gasteiger partial charge in [0.2, 0.25) is 0 Å². The van der Waals surface area contributed by atoms with Gasteiger partial charge < -0.3 is 9.64 Å². The molecule has 1 heterocycles. The van der Waals surface area contributed by atoms with Crippen molar-refractivity contribution in [3.63, 3.8) is 0 Å². The van der Waals surface area contributed by atoms with Crippen molar-refractivity contribution < 1.29 is 13.9 Å². The van der Waals surface area contributed by atoms with Crippen molar-refractivity contribution in [1.82, 2.24) is 4.90 Å². The van der Waals surface area contributed by atoms with E-state index in [2.05, 4.69) is 10.0 Å². The Labute approximate surface area is 142 Å². The second-order valence-corrected chi connectivity index (χ2v) is 7.06. The molecule has 0 N–H and O–H groups in total. The minimum atomic E-state index is -1.29. The smallest absolute Gasteiger partial charge is 0.410 e. The summed E-state index contributed by atoms with van der Waals surface area (Å²) in [6.45, 7) is 5.13. The van der Waals surface area contributed by atoms with Gasteiger partial charge in [-0.05, 0) is 38.4 Å². The fourth-order valence-corrected chi connectivity index (χ4v) is 2.84. The fourth-order valence-electron chi connectivity index (χ4n) is 2.35. The lowest BCUT2D eigenvalue weighted by atomic mass is 9.83. The van der Waals surface area contributed by atoms with E-state index in [1.54, 1.807) is 20.8 Å². The topological polar surface area (TPSA) is 78.3 Å². The first kappa shape index (κ1) is 17.7. The summed E-state index contributed by atoms with van der Waals surface area (Å²) in [7, 11) is 0. The molecule has 2 rings (SSSR count). The van der Waals surface area contributed by atoms with Gasteiger partial charge in [0.15, 0.2) is 0 Å². The lowest BCUT2D eigenvalue weighted by Gasteiger charge is -2.47. The molecule has 1 fully saturated rings. The van der Waals surface area contributed by atoms with E-state index in [1.807, 2.05) is 0 Å². The highest BCUT2D eigenvalue weighted by molar-refractivity contribution is 6.42. The maximum absolute atomic E-state index is 14.2. The number of carbonyl (C=O) groups is 1. The number of hydrogen-bond donors (Lipinski definition) is 0. The highest BCUT2D eigenvalue weighted by Crippen LogP contribution is 2.43. The van der Waals surface area contributed by atoms with Crippen molar-refractivity contribution >= 4 is 29.3 Å². The molecule has 0 unspecified atom stereocenters. The molecule has 1 saturated heterocycles. The van der Waals surface area contributed by atoms with E-state index in [1.165, 1.54) is 11.0 Å². The number of azide groups is 1. The lowest BCUT2D eigenvalue weighted by molar-refractivity contribution is -0.00936. The maximum Gasteiger partial charge on any atom is 0.410 e. The third kappa shape index (κ3) is 3.47. The Morgan fingerprint density at radius 1 is 1.43 bits per heavy atom. The van der Waals surface area contributed by atoms with Crippen LogP contribution in [0.4, 0.5) is 9.18 Å². The summed E-state index contributed by atoms with van der Waals surface area (Å²) in [5, 5.41) is 3.79. The standard InChI is InChI=1S/C14H15Cl2FN4O2/c1-13(2,3)23-12(22)21-6-14(7-21,19-20-18)10-9(17)5-4-8(15)11(10)16/h4-5H,6-7H2,1-3H3.